The smallest absolute Gasteiger partial charge is 0.305 e. The van der Waals surface area contributed by atoms with Gasteiger partial charge >= 0.3 is 5.97 Å². The fourth-order valence-corrected chi connectivity index (χ4v) is 1.70. The zero-order chi connectivity index (χ0) is 12.4. The molecule has 0 fully saturated rings. The Morgan fingerprint density at radius 2 is 1.69 bits per heavy atom. The van der Waals surface area contributed by atoms with E-state index < -0.39 is 8.32 Å². The molecule has 0 aromatic rings. The molecule has 0 N–H and O–H groups in total. The highest BCUT2D eigenvalue weighted by Crippen LogP contribution is 2.01. The Hall–Kier alpha value is -0.393. The van der Waals surface area contributed by atoms with E-state index in [2.05, 4.69) is 19.6 Å². The van der Waals surface area contributed by atoms with Gasteiger partial charge in [-0.15, -0.1) is 0 Å². The lowest BCUT2D eigenvalue weighted by Crippen LogP contribution is -2.27. The lowest BCUT2D eigenvalue weighted by Gasteiger charge is -2.16. The average Bonchev–Trinajstić information content (AvgIpc) is 2.15. The molecule has 0 aliphatic heterocycles. The van der Waals surface area contributed by atoms with E-state index in [1.165, 1.54) is 0 Å². The van der Waals surface area contributed by atoms with E-state index in [-0.39, 0.29) is 5.97 Å². The maximum Gasteiger partial charge on any atom is 0.305 e. The van der Waals surface area contributed by atoms with Gasteiger partial charge in [-0.05, 0) is 26.1 Å². The maximum absolute atomic E-state index is 11.0. The second-order valence-electron chi connectivity index (χ2n) is 4.54. The molecule has 0 unspecified atom stereocenters. The van der Waals surface area contributed by atoms with Crippen LogP contribution in [-0.2, 0) is 18.7 Å². The van der Waals surface area contributed by atoms with Gasteiger partial charge in [0.15, 0.2) is 8.32 Å². The highest BCUT2D eigenvalue weighted by Gasteiger charge is 2.13. The van der Waals surface area contributed by atoms with Gasteiger partial charge in [0.05, 0.1) is 19.8 Å². The van der Waals surface area contributed by atoms with Crippen LogP contribution in [0.15, 0.2) is 0 Å². The number of rotatable bonds is 9. The Labute approximate surface area is 99.4 Å². The van der Waals surface area contributed by atoms with Crippen molar-refractivity contribution in [1.82, 2.24) is 0 Å². The molecule has 0 aliphatic carbocycles. The van der Waals surface area contributed by atoms with Crippen LogP contribution in [0.2, 0.25) is 19.6 Å². The SMILES string of the molecule is CCCC(=O)OCCOCCO[Si](C)(C)C. The third-order valence-corrected chi connectivity index (χ3v) is 2.78. The van der Waals surface area contributed by atoms with Crippen molar-refractivity contribution in [1.29, 1.82) is 0 Å². The van der Waals surface area contributed by atoms with Crippen molar-refractivity contribution in [3.05, 3.63) is 0 Å². The highest BCUT2D eigenvalue weighted by atomic mass is 28.4. The monoisotopic (exact) mass is 248 g/mol. The minimum absolute atomic E-state index is 0.149. The number of ether oxygens (including phenoxy) is 2. The quantitative estimate of drug-likeness (QED) is 0.356. The molecule has 0 bridgehead atoms. The lowest BCUT2D eigenvalue weighted by atomic mass is 10.3. The Kier molecular flexibility index (Phi) is 8.51. The summed E-state index contributed by atoms with van der Waals surface area (Å²) in [6.07, 6.45) is 1.31. The number of hydrogen-bond acceptors (Lipinski definition) is 4. The molecule has 0 rings (SSSR count). The number of carbonyl (C=O) groups excluding carboxylic acids is 1. The van der Waals surface area contributed by atoms with Gasteiger partial charge in [0.2, 0.25) is 0 Å². The molecule has 16 heavy (non-hydrogen) atoms. The summed E-state index contributed by atoms with van der Waals surface area (Å²) < 4.78 is 15.8. The topological polar surface area (TPSA) is 44.8 Å². The first-order chi connectivity index (χ1) is 7.45. The van der Waals surface area contributed by atoms with Crippen LogP contribution in [0.3, 0.4) is 0 Å². The second kappa shape index (κ2) is 8.72. The predicted molar refractivity (Wildman–Crippen MR) is 66.0 cm³/mol. The molecule has 0 saturated heterocycles. The van der Waals surface area contributed by atoms with E-state index in [4.69, 9.17) is 13.9 Å². The van der Waals surface area contributed by atoms with Crippen molar-refractivity contribution >= 4 is 14.3 Å². The molecule has 0 aliphatic rings. The molecule has 0 spiro atoms. The van der Waals surface area contributed by atoms with Gasteiger partial charge < -0.3 is 13.9 Å². The number of carbonyl (C=O) groups is 1. The van der Waals surface area contributed by atoms with Gasteiger partial charge in [-0.2, -0.15) is 0 Å². The summed E-state index contributed by atoms with van der Waals surface area (Å²) >= 11 is 0. The minimum atomic E-state index is -1.42. The van der Waals surface area contributed by atoms with Gasteiger partial charge in [0, 0.05) is 6.42 Å². The van der Waals surface area contributed by atoms with E-state index in [0.717, 1.165) is 6.42 Å². The van der Waals surface area contributed by atoms with Crippen molar-refractivity contribution in [2.24, 2.45) is 0 Å². The van der Waals surface area contributed by atoms with Crippen LogP contribution >= 0.6 is 0 Å². The molecule has 5 heteroatoms. The first-order valence-electron chi connectivity index (χ1n) is 5.83. The minimum Gasteiger partial charge on any atom is -0.463 e. The molecule has 0 aromatic carbocycles. The lowest BCUT2D eigenvalue weighted by molar-refractivity contribution is -0.145. The van der Waals surface area contributed by atoms with E-state index in [9.17, 15) is 4.79 Å². The standard InChI is InChI=1S/C11H24O4Si/c1-5-6-11(12)14-9-7-13-8-10-15-16(2,3)4/h5-10H2,1-4H3. The Morgan fingerprint density at radius 1 is 1.06 bits per heavy atom. The van der Waals surface area contributed by atoms with Gasteiger partial charge in [-0.3, -0.25) is 4.79 Å². The molecule has 0 radical (unpaired) electrons. The van der Waals surface area contributed by atoms with Crippen molar-refractivity contribution in [2.75, 3.05) is 26.4 Å². The first kappa shape index (κ1) is 15.6. The first-order valence-corrected chi connectivity index (χ1v) is 9.24. The van der Waals surface area contributed by atoms with E-state index in [1.54, 1.807) is 0 Å². The molecular weight excluding hydrogens is 224 g/mol. The molecule has 0 amide bonds. The fraction of sp³-hybridized carbons (Fsp3) is 0.909. The predicted octanol–water partition coefficient (Wildman–Crippen LogP) is 2.20. The molecule has 0 atom stereocenters. The van der Waals surface area contributed by atoms with Crippen molar-refractivity contribution < 1.29 is 18.7 Å². The Morgan fingerprint density at radius 3 is 2.25 bits per heavy atom. The molecule has 96 valence electrons. The molecule has 4 nitrogen and oxygen atoms in total. The molecule has 0 aromatic heterocycles. The third-order valence-electron chi connectivity index (χ3n) is 1.71. The third kappa shape index (κ3) is 11.7. The molecule has 0 saturated carbocycles. The van der Waals surface area contributed by atoms with Crippen LogP contribution in [-0.4, -0.2) is 40.7 Å². The van der Waals surface area contributed by atoms with Crippen LogP contribution in [0, 0.1) is 0 Å². The Bertz CT molecular complexity index is 189. The van der Waals surface area contributed by atoms with Gasteiger partial charge in [-0.25, -0.2) is 0 Å². The highest BCUT2D eigenvalue weighted by molar-refractivity contribution is 6.69. The van der Waals surface area contributed by atoms with Crippen LogP contribution < -0.4 is 0 Å². The van der Waals surface area contributed by atoms with Crippen molar-refractivity contribution in [2.45, 2.75) is 39.4 Å². The summed E-state index contributed by atoms with van der Waals surface area (Å²) in [6, 6.07) is 0. The summed E-state index contributed by atoms with van der Waals surface area (Å²) in [7, 11) is -1.42. The number of esters is 1. The van der Waals surface area contributed by atoms with Crippen molar-refractivity contribution in [3.8, 4) is 0 Å². The summed E-state index contributed by atoms with van der Waals surface area (Å²) in [6.45, 7) is 10.3. The summed E-state index contributed by atoms with van der Waals surface area (Å²) in [5.41, 5.74) is 0. The number of hydrogen-bond donors (Lipinski definition) is 0. The van der Waals surface area contributed by atoms with E-state index >= 15 is 0 Å². The van der Waals surface area contributed by atoms with E-state index in [1.807, 2.05) is 6.92 Å². The summed E-state index contributed by atoms with van der Waals surface area (Å²) in [4.78, 5) is 11.0. The zero-order valence-corrected chi connectivity index (χ0v) is 11.9. The largest absolute Gasteiger partial charge is 0.463 e. The van der Waals surface area contributed by atoms with Crippen LogP contribution in [0.5, 0.6) is 0 Å². The van der Waals surface area contributed by atoms with E-state index in [0.29, 0.717) is 32.8 Å². The average molecular weight is 248 g/mol. The fourth-order valence-electron chi connectivity index (χ4n) is 1.000. The maximum atomic E-state index is 11.0. The normalized spacial score (nSPS) is 11.5. The zero-order valence-electron chi connectivity index (χ0n) is 10.9. The van der Waals surface area contributed by atoms with Crippen molar-refractivity contribution in [3.63, 3.8) is 0 Å². The van der Waals surface area contributed by atoms with Crippen LogP contribution in [0.25, 0.3) is 0 Å². The van der Waals surface area contributed by atoms with Crippen LogP contribution in [0.1, 0.15) is 19.8 Å². The van der Waals surface area contributed by atoms with Gasteiger partial charge in [0.1, 0.15) is 6.61 Å². The van der Waals surface area contributed by atoms with Crippen LogP contribution in [0.4, 0.5) is 0 Å². The summed E-state index contributed by atoms with van der Waals surface area (Å²) in [5.74, 6) is -0.149. The Balaban J connectivity index is 3.19. The molecular formula is C11H24O4Si. The summed E-state index contributed by atoms with van der Waals surface area (Å²) in [5, 5.41) is 0. The van der Waals surface area contributed by atoms with Gasteiger partial charge in [-0.1, -0.05) is 6.92 Å². The second-order valence-corrected chi connectivity index (χ2v) is 9.06. The molecule has 0 heterocycles. The van der Waals surface area contributed by atoms with Gasteiger partial charge in [0.25, 0.3) is 0 Å².